The van der Waals surface area contributed by atoms with Crippen LogP contribution in [0, 0.1) is 0 Å². The van der Waals surface area contributed by atoms with Gasteiger partial charge in [-0.15, -0.1) is 12.4 Å². The molecule has 23 heavy (non-hydrogen) atoms. The first-order valence-electron chi connectivity index (χ1n) is 7.99. The lowest BCUT2D eigenvalue weighted by Crippen LogP contribution is -2.38. The standard InChI is InChI=1S/C19H22ClNO.ClH/c20-17-8-4-15(5-9-17)13-16-6-10-19(11-7-16)22-14-18-3-1-2-12-21-18;/h4-11,18,21H,1-3,12-14H2;1H/t18-;/m1./s1. The lowest BCUT2D eigenvalue weighted by Gasteiger charge is -2.23. The second-order valence-corrected chi connectivity index (χ2v) is 6.34. The van der Waals surface area contributed by atoms with Gasteiger partial charge in [0.25, 0.3) is 0 Å². The van der Waals surface area contributed by atoms with Crippen LogP contribution in [0.15, 0.2) is 48.5 Å². The Balaban J connectivity index is 0.00000192. The number of hydrogen-bond acceptors (Lipinski definition) is 2. The molecule has 1 heterocycles. The van der Waals surface area contributed by atoms with Crippen molar-refractivity contribution in [3.63, 3.8) is 0 Å². The Morgan fingerprint density at radius 1 is 0.957 bits per heavy atom. The highest BCUT2D eigenvalue weighted by atomic mass is 35.5. The molecule has 4 heteroatoms. The van der Waals surface area contributed by atoms with E-state index in [1.54, 1.807) is 0 Å². The summed E-state index contributed by atoms with van der Waals surface area (Å²) in [5, 5.41) is 4.28. The van der Waals surface area contributed by atoms with E-state index < -0.39 is 0 Å². The van der Waals surface area contributed by atoms with Gasteiger partial charge < -0.3 is 10.1 Å². The highest BCUT2D eigenvalue weighted by Gasteiger charge is 2.12. The molecule has 0 bridgehead atoms. The molecule has 1 N–H and O–H groups in total. The average molecular weight is 352 g/mol. The molecule has 1 aliphatic heterocycles. The molecule has 0 amide bonds. The molecular formula is C19H23Cl2NO. The predicted octanol–water partition coefficient (Wildman–Crippen LogP) is 4.87. The van der Waals surface area contributed by atoms with Crippen molar-refractivity contribution in [2.24, 2.45) is 0 Å². The minimum Gasteiger partial charge on any atom is -0.492 e. The van der Waals surface area contributed by atoms with Crippen LogP contribution in [0.5, 0.6) is 5.75 Å². The lowest BCUT2D eigenvalue weighted by atomic mass is 10.0. The molecule has 0 spiro atoms. The summed E-state index contributed by atoms with van der Waals surface area (Å²) in [6.45, 7) is 1.88. The fourth-order valence-corrected chi connectivity index (χ4v) is 2.93. The molecule has 0 saturated carbocycles. The number of nitrogens with one attached hydrogen (secondary N) is 1. The van der Waals surface area contributed by atoms with Gasteiger partial charge in [0.2, 0.25) is 0 Å². The molecule has 0 aromatic heterocycles. The van der Waals surface area contributed by atoms with Crippen molar-refractivity contribution in [2.45, 2.75) is 31.7 Å². The van der Waals surface area contributed by atoms with Crippen molar-refractivity contribution in [3.05, 3.63) is 64.7 Å². The van der Waals surface area contributed by atoms with E-state index in [9.17, 15) is 0 Å². The van der Waals surface area contributed by atoms with Crippen LogP contribution < -0.4 is 10.1 Å². The van der Waals surface area contributed by atoms with Crippen LogP contribution in [0.2, 0.25) is 5.02 Å². The predicted molar refractivity (Wildman–Crippen MR) is 99.1 cm³/mol. The molecule has 1 saturated heterocycles. The van der Waals surface area contributed by atoms with Crippen LogP contribution in [0.3, 0.4) is 0 Å². The van der Waals surface area contributed by atoms with E-state index in [0.717, 1.165) is 30.3 Å². The second kappa shape index (κ2) is 9.17. The summed E-state index contributed by atoms with van der Waals surface area (Å²) in [6, 6.07) is 16.9. The van der Waals surface area contributed by atoms with Crippen LogP contribution in [0.1, 0.15) is 30.4 Å². The van der Waals surface area contributed by atoms with Crippen LogP contribution in [-0.4, -0.2) is 19.2 Å². The first kappa shape index (κ1) is 18.1. The van der Waals surface area contributed by atoms with Gasteiger partial charge in [-0.2, -0.15) is 0 Å². The van der Waals surface area contributed by atoms with Gasteiger partial charge in [-0.1, -0.05) is 42.3 Å². The quantitative estimate of drug-likeness (QED) is 0.829. The fourth-order valence-electron chi connectivity index (χ4n) is 2.80. The van der Waals surface area contributed by atoms with Crippen molar-refractivity contribution in [1.82, 2.24) is 5.32 Å². The third-order valence-electron chi connectivity index (χ3n) is 4.11. The van der Waals surface area contributed by atoms with E-state index in [1.165, 1.54) is 30.4 Å². The summed E-state index contributed by atoms with van der Waals surface area (Å²) in [6.07, 6.45) is 4.73. The van der Waals surface area contributed by atoms with Gasteiger partial charge in [-0.25, -0.2) is 0 Å². The van der Waals surface area contributed by atoms with E-state index in [0.29, 0.717) is 6.04 Å². The van der Waals surface area contributed by atoms with Crippen molar-refractivity contribution < 1.29 is 4.74 Å². The SMILES string of the molecule is Cl.Clc1ccc(Cc2ccc(OC[C@H]3CCCCN3)cc2)cc1. The Labute approximate surface area is 149 Å². The van der Waals surface area contributed by atoms with E-state index in [1.807, 2.05) is 12.1 Å². The van der Waals surface area contributed by atoms with E-state index in [4.69, 9.17) is 16.3 Å². The van der Waals surface area contributed by atoms with Crippen molar-refractivity contribution in [3.8, 4) is 5.75 Å². The summed E-state index contributed by atoms with van der Waals surface area (Å²) in [7, 11) is 0. The van der Waals surface area contributed by atoms with Gasteiger partial charge in [0.05, 0.1) is 0 Å². The molecule has 1 atom stereocenters. The molecule has 1 fully saturated rings. The number of piperidine rings is 1. The van der Waals surface area contributed by atoms with Crippen molar-refractivity contribution >= 4 is 24.0 Å². The Bertz CT molecular complexity index is 577. The zero-order chi connectivity index (χ0) is 15.2. The van der Waals surface area contributed by atoms with Crippen molar-refractivity contribution in [1.29, 1.82) is 0 Å². The van der Waals surface area contributed by atoms with Gasteiger partial charge in [0.1, 0.15) is 12.4 Å². The number of ether oxygens (including phenoxy) is 1. The molecule has 124 valence electrons. The van der Waals surface area contributed by atoms with Crippen LogP contribution in [0.4, 0.5) is 0 Å². The summed E-state index contributed by atoms with van der Waals surface area (Å²) in [5.41, 5.74) is 2.55. The molecule has 2 nitrogen and oxygen atoms in total. The maximum atomic E-state index is 5.91. The van der Waals surface area contributed by atoms with Gasteiger partial charge in [-0.3, -0.25) is 0 Å². The van der Waals surface area contributed by atoms with E-state index >= 15 is 0 Å². The number of rotatable bonds is 5. The van der Waals surface area contributed by atoms with Crippen molar-refractivity contribution in [2.75, 3.05) is 13.2 Å². The molecule has 2 aromatic carbocycles. The summed E-state index contributed by atoms with van der Waals surface area (Å²) < 4.78 is 5.89. The summed E-state index contributed by atoms with van der Waals surface area (Å²) in [4.78, 5) is 0. The van der Waals surface area contributed by atoms with Crippen LogP contribution in [-0.2, 0) is 6.42 Å². The largest absolute Gasteiger partial charge is 0.492 e. The van der Waals surface area contributed by atoms with Gasteiger partial charge in [0.15, 0.2) is 0 Å². The van der Waals surface area contributed by atoms with Gasteiger partial charge >= 0.3 is 0 Å². The molecule has 1 aliphatic rings. The van der Waals surface area contributed by atoms with E-state index in [-0.39, 0.29) is 12.4 Å². The Kier molecular flexibility index (Phi) is 7.22. The van der Waals surface area contributed by atoms with E-state index in [2.05, 4.69) is 41.7 Å². The minimum atomic E-state index is 0. The zero-order valence-electron chi connectivity index (χ0n) is 13.1. The van der Waals surface area contributed by atoms with Crippen LogP contribution in [0.25, 0.3) is 0 Å². The van der Waals surface area contributed by atoms with Gasteiger partial charge in [-0.05, 0) is 61.2 Å². The second-order valence-electron chi connectivity index (χ2n) is 5.91. The highest BCUT2D eigenvalue weighted by Crippen LogP contribution is 2.18. The summed E-state index contributed by atoms with van der Waals surface area (Å²) in [5.74, 6) is 0.951. The maximum absolute atomic E-state index is 5.91. The minimum absolute atomic E-state index is 0. The molecular weight excluding hydrogens is 329 g/mol. The first-order valence-corrected chi connectivity index (χ1v) is 8.37. The zero-order valence-corrected chi connectivity index (χ0v) is 14.7. The number of halogens is 2. The third kappa shape index (κ3) is 5.72. The normalized spacial score (nSPS) is 17.3. The fraction of sp³-hybridized carbons (Fsp3) is 0.368. The lowest BCUT2D eigenvalue weighted by molar-refractivity contribution is 0.239. The first-order chi connectivity index (χ1) is 10.8. The maximum Gasteiger partial charge on any atom is 0.119 e. The molecule has 0 unspecified atom stereocenters. The average Bonchev–Trinajstić information content (AvgIpc) is 2.57. The summed E-state index contributed by atoms with van der Waals surface area (Å²) >= 11 is 5.91. The Morgan fingerprint density at radius 3 is 2.22 bits per heavy atom. The third-order valence-corrected chi connectivity index (χ3v) is 4.36. The number of benzene rings is 2. The number of hydrogen-bond donors (Lipinski definition) is 1. The molecule has 0 radical (unpaired) electrons. The van der Waals surface area contributed by atoms with Crippen LogP contribution >= 0.6 is 24.0 Å². The molecule has 2 aromatic rings. The topological polar surface area (TPSA) is 21.3 Å². The molecule has 3 rings (SSSR count). The smallest absolute Gasteiger partial charge is 0.119 e. The monoisotopic (exact) mass is 351 g/mol. The molecule has 0 aliphatic carbocycles. The Morgan fingerprint density at radius 2 is 1.61 bits per heavy atom. The Hall–Kier alpha value is -1.22. The highest BCUT2D eigenvalue weighted by molar-refractivity contribution is 6.30. The van der Waals surface area contributed by atoms with Gasteiger partial charge in [0, 0.05) is 11.1 Å².